The van der Waals surface area contributed by atoms with Gasteiger partial charge in [0.25, 0.3) is 0 Å². The molecule has 4 heteroatoms. The van der Waals surface area contributed by atoms with Gasteiger partial charge in [-0.25, -0.2) is 10.2 Å². The maximum atomic E-state index is 10.5. The topological polar surface area (TPSA) is 61.7 Å². The van der Waals surface area contributed by atoms with Crippen molar-refractivity contribution in [1.82, 2.24) is 5.43 Å². The first-order valence-corrected chi connectivity index (χ1v) is 5.45. The van der Waals surface area contributed by atoms with Crippen molar-refractivity contribution < 1.29 is 9.90 Å². The summed E-state index contributed by atoms with van der Waals surface area (Å²) in [5.41, 5.74) is 4.36. The number of carboxylic acid groups (broad SMARTS) is 1. The zero-order valence-corrected chi connectivity index (χ0v) is 9.58. The van der Waals surface area contributed by atoms with Crippen molar-refractivity contribution in [3.8, 4) is 0 Å². The molecule has 0 aliphatic heterocycles. The molecule has 0 bridgehead atoms. The van der Waals surface area contributed by atoms with Crippen LogP contribution in [0.25, 0.3) is 0 Å². The van der Waals surface area contributed by atoms with Crippen molar-refractivity contribution in [3.63, 3.8) is 0 Å². The number of hydrogen-bond acceptors (Lipinski definition) is 2. The average Bonchev–Trinajstić information content (AvgIpc) is 2.41. The van der Waals surface area contributed by atoms with E-state index in [0.29, 0.717) is 5.71 Å². The number of benzene rings is 2. The molecule has 90 valence electrons. The highest BCUT2D eigenvalue weighted by Crippen LogP contribution is 2.10. The third kappa shape index (κ3) is 2.95. The molecule has 0 unspecified atom stereocenters. The molecule has 0 aliphatic rings. The van der Waals surface area contributed by atoms with E-state index in [0.717, 1.165) is 11.1 Å². The average molecular weight is 240 g/mol. The van der Waals surface area contributed by atoms with Crippen LogP contribution in [0.2, 0.25) is 0 Å². The molecule has 2 aromatic rings. The first kappa shape index (κ1) is 11.9. The van der Waals surface area contributed by atoms with Crippen LogP contribution in [-0.2, 0) is 0 Å². The number of hydrazone groups is 1. The highest BCUT2D eigenvalue weighted by molar-refractivity contribution is 6.13. The van der Waals surface area contributed by atoms with Gasteiger partial charge in [-0.15, -0.1) is 0 Å². The van der Waals surface area contributed by atoms with Gasteiger partial charge in [-0.3, -0.25) is 0 Å². The van der Waals surface area contributed by atoms with E-state index in [4.69, 9.17) is 5.11 Å². The van der Waals surface area contributed by atoms with Gasteiger partial charge in [-0.05, 0) is 0 Å². The number of amides is 1. The predicted molar refractivity (Wildman–Crippen MR) is 69.7 cm³/mol. The summed E-state index contributed by atoms with van der Waals surface area (Å²) in [6, 6.07) is 18.9. The Hall–Kier alpha value is -2.62. The summed E-state index contributed by atoms with van der Waals surface area (Å²) in [4.78, 5) is 10.5. The van der Waals surface area contributed by atoms with E-state index in [9.17, 15) is 4.79 Å². The van der Waals surface area contributed by atoms with Gasteiger partial charge in [0.05, 0.1) is 5.71 Å². The normalized spacial score (nSPS) is 9.56. The summed E-state index contributed by atoms with van der Waals surface area (Å²) in [7, 11) is 0. The Kier molecular flexibility index (Phi) is 3.71. The van der Waals surface area contributed by atoms with Gasteiger partial charge in [0.1, 0.15) is 0 Å². The highest BCUT2D eigenvalue weighted by atomic mass is 16.4. The van der Waals surface area contributed by atoms with Crippen LogP contribution in [-0.4, -0.2) is 16.9 Å². The standard InChI is InChI=1S/C14H12N2O2/c17-14(18)16-15-13(11-7-3-1-4-8-11)12-9-5-2-6-10-12/h1-10,16H,(H,17,18). The van der Waals surface area contributed by atoms with E-state index in [-0.39, 0.29) is 0 Å². The Bertz CT molecular complexity index is 509. The molecular formula is C14H12N2O2. The Labute approximate surface area is 105 Å². The number of rotatable bonds is 3. The molecule has 2 N–H and O–H groups in total. The van der Waals surface area contributed by atoms with Crippen LogP contribution >= 0.6 is 0 Å². The molecule has 0 saturated heterocycles. The zero-order valence-electron chi connectivity index (χ0n) is 9.58. The number of nitrogens with zero attached hydrogens (tertiary/aromatic N) is 1. The summed E-state index contributed by atoms with van der Waals surface area (Å²) in [6.45, 7) is 0. The Balaban J connectivity index is 2.42. The fourth-order valence-electron chi connectivity index (χ4n) is 1.59. The van der Waals surface area contributed by atoms with Gasteiger partial charge in [0.15, 0.2) is 0 Å². The van der Waals surface area contributed by atoms with Gasteiger partial charge in [-0.1, -0.05) is 60.7 Å². The summed E-state index contributed by atoms with van der Waals surface area (Å²) < 4.78 is 0. The molecule has 0 fully saturated rings. The molecule has 2 rings (SSSR count). The Morgan fingerprint density at radius 1 is 0.889 bits per heavy atom. The SMILES string of the molecule is O=C(O)NN=C(c1ccccc1)c1ccccc1. The fraction of sp³-hybridized carbons (Fsp3) is 0. The van der Waals surface area contributed by atoms with Crippen LogP contribution in [0.3, 0.4) is 0 Å². The third-order valence-electron chi connectivity index (χ3n) is 2.36. The van der Waals surface area contributed by atoms with Gasteiger partial charge in [0.2, 0.25) is 0 Å². The molecule has 1 amide bonds. The Morgan fingerprint density at radius 2 is 1.33 bits per heavy atom. The zero-order chi connectivity index (χ0) is 12.8. The molecule has 0 radical (unpaired) electrons. The summed E-state index contributed by atoms with van der Waals surface area (Å²) in [5.74, 6) is 0. The van der Waals surface area contributed by atoms with Gasteiger partial charge in [0, 0.05) is 11.1 Å². The van der Waals surface area contributed by atoms with Crippen LogP contribution in [0.4, 0.5) is 4.79 Å². The lowest BCUT2D eigenvalue weighted by atomic mass is 10.0. The van der Waals surface area contributed by atoms with E-state index in [2.05, 4.69) is 5.10 Å². The van der Waals surface area contributed by atoms with Crippen molar-refractivity contribution in [3.05, 3.63) is 71.8 Å². The second-order valence-corrected chi connectivity index (χ2v) is 3.61. The maximum absolute atomic E-state index is 10.5. The summed E-state index contributed by atoms with van der Waals surface area (Å²) in [5, 5.41) is 12.6. The lowest BCUT2D eigenvalue weighted by Gasteiger charge is -2.06. The molecular weight excluding hydrogens is 228 g/mol. The fourth-order valence-corrected chi connectivity index (χ4v) is 1.59. The van der Waals surface area contributed by atoms with Crippen LogP contribution in [0.15, 0.2) is 65.8 Å². The maximum Gasteiger partial charge on any atom is 0.425 e. The lowest BCUT2D eigenvalue weighted by molar-refractivity contribution is 0.195. The quantitative estimate of drug-likeness (QED) is 0.640. The second-order valence-electron chi connectivity index (χ2n) is 3.61. The minimum Gasteiger partial charge on any atom is -0.464 e. The van der Waals surface area contributed by atoms with Crippen LogP contribution in [0.1, 0.15) is 11.1 Å². The van der Waals surface area contributed by atoms with E-state index in [1.54, 1.807) is 0 Å². The number of hydrogen-bond donors (Lipinski definition) is 2. The molecule has 0 atom stereocenters. The minimum atomic E-state index is -1.18. The minimum absolute atomic E-state index is 0.596. The van der Waals surface area contributed by atoms with E-state index >= 15 is 0 Å². The molecule has 18 heavy (non-hydrogen) atoms. The van der Waals surface area contributed by atoms with Crippen molar-refractivity contribution in [2.75, 3.05) is 0 Å². The molecule has 0 aliphatic carbocycles. The number of carbonyl (C=O) groups is 1. The lowest BCUT2D eigenvalue weighted by Crippen LogP contribution is -2.18. The molecule has 0 heterocycles. The third-order valence-corrected chi connectivity index (χ3v) is 2.36. The summed E-state index contributed by atoms with van der Waals surface area (Å²) >= 11 is 0. The molecule has 2 aromatic carbocycles. The molecule has 0 spiro atoms. The molecule has 0 saturated carbocycles. The number of nitrogens with one attached hydrogen (secondary N) is 1. The van der Waals surface area contributed by atoms with Gasteiger partial charge >= 0.3 is 6.09 Å². The Morgan fingerprint density at radius 3 is 1.72 bits per heavy atom. The summed E-state index contributed by atoms with van der Waals surface area (Å²) in [6.07, 6.45) is -1.18. The first-order valence-electron chi connectivity index (χ1n) is 5.45. The highest BCUT2D eigenvalue weighted by Gasteiger charge is 2.06. The van der Waals surface area contributed by atoms with E-state index < -0.39 is 6.09 Å². The van der Waals surface area contributed by atoms with E-state index in [1.807, 2.05) is 66.1 Å². The smallest absolute Gasteiger partial charge is 0.425 e. The van der Waals surface area contributed by atoms with Crippen molar-refractivity contribution in [2.24, 2.45) is 5.10 Å². The molecule has 0 aromatic heterocycles. The first-order chi connectivity index (χ1) is 8.77. The van der Waals surface area contributed by atoms with Crippen molar-refractivity contribution in [1.29, 1.82) is 0 Å². The second kappa shape index (κ2) is 5.63. The molecule has 4 nitrogen and oxygen atoms in total. The van der Waals surface area contributed by atoms with E-state index in [1.165, 1.54) is 0 Å². The predicted octanol–water partition coefficient (Wildman–Crippen LogP) is 2.71. The van der Waals surface area contributed by atoms with Crippen molar-refractivity contribution >= 4 is 11.8 Å². The van der Waals surface area contributed by atoms with Crippen molar-refractivity contribution in [2.45, 2.75) is 0 Å². The van der Waals surface area contributed by atoms with Gasteiger partial charge < -0.3 is 5.11 Å². The van der Waals surface area contributed by atoms with Crippen LogP contribution in [0, 0.1) is 0 Å². The largest absolute Gasteiger partial charge is 0.464 e. The van der Waals surface area contributed by atoms with Gasteiger partial charge in [-0.2, -0.15) is 5.10 Å². The van der Waals surface area contributed by atoms with Crippen LogP contribution < -0.4 is 5.43 Å². The monoisotopic (exact) mass is 240 g/mol. The van der Waals surface area contributed by atoms with Crippen LogP contribution in [0.5, 0.6) is 0 Å².